The van der Waals surface area contributed by atoms with Gasteiger partial charge in [-0.2, -0.15) is 0 Å². The van der Waals surface area contributed by atoms with Crippen molar-refractivity contribution in [3.63, 3.8) is 0 Å². The van der Waals surface area contributed by atoms with Crippen molar-refractivity contribution in [2.24, 2.45) is 0 Å². The maximum absolute atomic E-state index is 13.6. The molecule has 0 aliphatic heterocycles. The van der Waals surface area contributed by atoms with Crippen LogP contribution >= 0.6 is 27.5 Å². The maximum atomic E-state index is 13.6. The van der Waals surface area contributed by atoms with E-state index in [4.69, 9.17) is 11.6 Å². The molecule has 0 unspecified atom stereocenters. The lowest BCUT2D eigenvalue weighted by Crippen LogP contribution is -2.03. The van der Waals surface area contributed by atoms with E-state index in [2.05, 4.69) is 31.2 Å². The molecule has 0 saturated heterocycles. The molecule has 1 aromatic carbocycles. The van der Waals surface area contributed by atoms with Crippen LogP contribution in [0.2, 0.25) is 5.02 Å². The number of nitrogens with zero attached hydrogens (tertiary/aromatic N) is 2. The molecule has 0 fully saturated rings. The van der Waals surface area contributed by atoms with Crippen LogP contribution in [0.25, 0.3) is 11.4 Å². The van der Waals surface area contributed by atoms with Crippen molar-refractivity contribution in [2.75, 3.05) is 12.4 Å². The molecule has 1 heterocycles. The molecule has 0 atom stereocenters. The van der Waals surface area contributed by atoms with Gasteiger partial charge in [-0.3, -0.25) is 0 Å². The summed E-state index contributed by atoms with van der Waals surface area (Å²) in [6.07, 6.45) is 0. The number of halogens is 3. The first-order valence-electron chi connectivity index (χ1n) is 5.20. The molecule has 1 N–H and O–H groups in total. The van der Waals surface area contributed by atoms with Gasteiger partial charge >= 0.3 is 0 Å². The predicted molar refractivity (Wildman–Crippen MR) is 74.4 cm³/mol. The second kappa shape index (κ2) is 5.20. The largest absolute Gasteiger partial charge is 0.371 e. The summed E-state index contributed by atoms with van der Waals surface area (Å²) in [6.45, 7) is 1.60. The van der Waals surface area contributed by atoms with Crippen molar-refractivity contribution in [2.45, 2.75) is 6.92 Å². The first-order chi connectivity index (χ1) is 8.52. The Labute approximate surface area is 118 Å². The number of benzene rings is 1. The SMILES string of the molecule is CNc1nc(-c2ccc(Cl)cc2Br)nc(C)c1F. The minimum absolute atomic E-state index is 0.180. The van der Waals surface area contributed by atoms with Gasteiger partial charge in [-0.05, 0) is 41.1 Å². The van der Waals surface area contributed by atoms with Gasteiger partial charge in [0, 0.05) is 22.1 Å². The van der Waals surface area contributed by atoms with Crippen LogP contribution in [0, 0.1) is 12.7 Å². The molecule has 2 aromatic rings. The molecular formula is C12H10BrClFN3. The molecule has 6 heteroatoms. The van der Waals surface area contributed by atoms with Crippen LogP contribution in [0.15, 0.2) is 22.7 Å². The van der Waals surface area contributed by atoms with Gasteiger partial charge in [-0.1, -0.05) is 11.6 Å². The third kappa shape index (κ3) is 2.47. The first-order valence-corrected chi connectivity index (χ1v) is 6.37. The van der Waals surface area contributed by atoms with E-state index in [1.165, 1.54) is 0 Å². The third-order valence-electron chi connectivity index (χ3n) is 2.43. The van der Waals surface area contributed by atoms with E-state index in [1.54, 1.807) is 32.2 Å². The third-order valence-corrected chi connectivity index (χ3v) is 3.32. The quantitative estimate of drug-likeness (QED) is 0.902. The molecule has 2 rings (SSSR count). The molecule has 1 aromatic heterocycles. The van der Waals surface area contributed by atoms with E-state index in [0.29, 0.717) is 16.5 Å². The van der Waals surface area contributed by atoms with Crippen LogP contribution in [0.4, 0.5) is 10.2 Å². The highest BCUT2D eigenvalue weighted by Crippen LogP contribution is 2.29. The van der Waals surface area contributed by atoms with Crippen LogP contribution in [0.1, 0.15) is 5.69 Å². The molecule has 0 aliphatic rings. The fourth-order valence-electron chi connectivity index (χ4n) is 1.52. The highest BCUT2D eigenvalue weighted by Gasteiger charge is 2.13. The number of nitrogens with one attached hydrogen (secondary N) is 1. The Hall–Kier alpha value is -1.20. The van der Waals surface area contributed by atoms with Crippen molar-refractivity contribution >= 4 is 33.3 Å². The molecule has 0 saturated carbocycles. The Morgan fingerprint density at radius 1 is 1.33 bits per heavy atom. The standard InChI is InChI=1S/C12H10BrClFN3/c1-6-10(15)12(16-2)18-11(17-6)8-4-3-7(14)5-9(8)13/h3-5H,1-2H3,(H,16,17,18). The number of aromatic nitrogens is 2. The molecule has 0 bridgehead atoms. The van der Waals surface area contributed by atoms with E-state index >= 15 is 0 Å². The van der Waals surface area contributed by atoms with Gasteiger partial charge in [0.2, 0.25) is 0 Å². The van der Waals surface area contributed by atoms with Gasteiger partial charge < -0.3 is 5.32 Å². The number of hydrogen-bond donors (Lipinski definition) is 1. The average molecular weight is 331 g/mol. The summed E-state index contributed by atoms with van der Waals surface area (Å²) in [5, 5.41) is 3.32. The monoisotopic (exact) mass is 329 g/mol. The van der Waals surface area contributed by atoms with Gasteiger partial charge in [0.25, 0.3) is 0 Å². The van der Waals surface area contributed by atoms with E-state index in [1.807, 2.05) is 0 Å². The molecule has 0 aliphatic carbocycles. The van der Waals surface area contributed by atoms with E-state index in [-0.39, 0.29) is 5.82 Å². The molecular weight excluding hydrogens is 321 g/mol. The molecule has 0 radical (unpaired) electrons. The van der Waals surface area contributed by atoms with Gasteiger partial charge in [0.05, 0.1) is 5.69 Å². The first kappa shape index (κ1) is 13.2. The number of aryl methyl sites for hydroxylation is 1. The summed E-state index contributed by atoms with van der Waals surface area (Å²) in [5.74, 6) is 0.187. The summed E-state index contributed by atoms with van der Waals surface area (Å²) in [5.41, 5.74) is 1.06. The zero-order valence-electron chi connectivity index (χ0n) is 9.76. The Morgan fingerprint density at radius 3 is 2.67 bits per heavy atom. The number of rotatable bonds is 2. The van der Waals surface area contributed by atoms with Crippen molar-refractivity contribution in [3.05, 3.63) is 39.2 Å². The zero-order chi connectivity index (χ0) is 13.3. The topological polar surface area (TPSA) is 37.8 Å². The van der Waals surface area contributed by atoms with Crippen LogP contribution in [0.3, 0.4) is 0 Å². The highest BCUT2D eigenvalue weighted by atomic mass is 79.9. The van der Waals surface area contributed by atoms with Crippen molar-refractivity contribution in [1.29, 1.82) is 0 Å². The van der Waals surface area contributed by atoms with Gasteiger partial charge in [-0.25, -0.2) is 14.4 Å². The summed E-state index contributed by atoms with van der Waals surface area (Å²) < 4.78 is 14.4. The summed E-state index contributed by atoms with van der Waals surface area (Å²) in [4.78, 5) is 8.28. The number of hydrogen-bond acceptors (Lipinski definition) is 3. The van der Waals surface area contributed by atoms with Crippen molar-refractivity contribution in [1.82, 2.24) is 9.97 Å². The second-order valence-electron chi connectivity index (χ2n) is 3.67. The lowest BCUT2D eigenvalue weighted by atomic mass is 10.2. The smallest absolute Gasteiger partial charge is 0.186 e. The van der Waals surface area contributed by atoms with Crippen LogP contribution in [0.5, 0.6) is 0 Å². The number of anilines is 1. The van der Waals surface area contributed by atoms with Crippen molar-refractivity contribution < 1.29 is 4.39 Å². The van der Waals surface area contributed by atoms with E-state index in [9.17, 15) is 4.39 Å². The Morgan fingerprint density at radius 2 is 2.06 bits per heavy atom. The molecule has 0 spiro atoms. The molecule has 18 heavy (non-hydrogen) atoms. The Bertz CT molecular complexity index is 604. The lowest BCUT2D eigenvalue weighted by Gasteiger charge is -2.08. The summed E-state index contributed by atoms with van der Waals surface area (Å²) in [7, 11) is 1.62. The summed E-state index contributed by atoms with van der Waals surface area (Å²) >= 11 is 9.27. The fraction of sp³-hybridized carbons (Fsp3) is 0.167. The molecule has 3 nitrogen and oxygen atoms in total. The minimum Gasteiger partial charge on any atom is -0.371 e. The lowest BCUT2D eigenvalue weighted by molar-refractivity contribution is 0.607. The fourth-order valence-corrected chi connectivity index (χ4v) is 2.38. The average Bonchev–Trinajstić information content (AvgIpc) is 2.32. The second-order valence-corrected chi connectivity index (χ2v) is 4.96. The Balaban J connectivity index is 2.60. The normalized spacial score (nSPS) is 10.5. The van der Waals surface area contributed by atoms with E-state index < -0.39 is 5.82 Å². The van der Waals surface area contributed by atoms with Gasteiger partial charge in [-0.15, -0.1) is 0 Å². The Kier molecular flexibility index (Phi) is 3.82. The molecule has 0 amide bonds. The van der Waals surface area contributed by atoms with Crippen LogP contribution in [-0.4, -0.2) is 17.0 Å². The summed E-state index contributed by atoms with van der Waals surface area (Å²) in [6, 6.07) is 5.28. The van der Waals surface area contributed by atoms with Gasteiger partial charge in [0.1, 0.15) is 0 Å². The van der Waals surface area contributed by atoms with Crippen LogP contribution in [-0.2, 0) is 0 Å². The zero-order valence-corrected chi connectivity index (χ0v) is 12.1. The van der Waals surface area contributed by atoms with Gasteiger partial charge in [0.15, 0.2) is 17.5 Å². The molecule has 94 valence electrons. The van der Waals surface area contributed by atoms with Crippen molar-refractivity contribution in [3.8, 4) is 11.4 Å². The predicted octanol–water partition coefficient (Wildman–Crippen LogP) is 4.05. The maximum Gasteiger partial charge on any atom is 0.186 e. The van der Waals surface area contributed by atoms with Crippen LogP contribution < -0.4 is 5.32 Å². The minimum atomic E-state index is -0.439. The van der Waals surface area contributed by atoms with E-state index in [0.717, 1.165) is 10.0 Å². The highest BCUT2D eigenvalue weighted by molar-refractivity contribution is 9.10.